The quantitative estimate of drug-likeness (QED) is 0.813. The van der Waals surface area contributed by atoms with Crippen LogP contribution in [-0.2, 0) is 5.41 Å². The fraction of sp³-hybridized carbons (Fsp3) is 0.600. The number of hydrogen-bond acceptors (Lipinski definition) is 2. The highest BCUT2D eigenvalue weighted by molar-refractivity contribution is 5.36. The molecule has 0 atom stereocenters. The first kappa shape index (κ1) is 11.1. The summed E-state index contributed by atoms with van der Waals surface area (Å²) >= 11 is 0. The minimum Gasteiger partial charge on any atom is -0.494 e. The average molecular weight is 231 g/mol. The Bertz CT molecular complexity index is 376. The number of benzene rings is 1. The van der Waals surface area contributed by atoms with Gasteiger partial charge in [-0.1, -0.05) is 12.1 Å². The van der Waals surface area contributed by atoms with E-state index >= 15 is 0 Å². The maximum absolute atomic E-state index is 5.49. The predicted molar refractivity (Wildman–Crippen MR) is 69.5 cm³/mol. The zero-order valence-electron chi connectivity index (χ0n) is 10.5. The minimum atomic E-state index is 0.438. The molecule has 1 aromatic carbocycles. The highest BCUT2D eigenvalue weighted by Crippen LogP contribution is 2.48. The SMILES string of the molecule is CCOc1ccc(C2(CNC3CC3)CC2)cc1. The van der Waals surface area contributed by atoms with Crippen molar-refractivity contribution in [2.75, 3.05) is 13.2 Å². The predicted octanol–water partition coefficient (Wildman–Crippen LogP) is 2.87. The molecule has 2 saturated carbocycles. The second-order valence-corrected chi connectivity index (χ2v) is 5.39. The molecule has 17 heavy (non-hydrogen) atoms. The van der Waals surface area contributed by atoms with Crippen molar-refractivity contribution in [1.29, 1.82) is 0 Å². The normalized spacial score (nSPS) is 21.2. The van der Waals surface area contributed by atoms with Gasteiger partial charge in [0.15, 0.2) is 0 Å². The maximum Gasteiger partial charge on any atom is 0.119 e. The highest BCUT2D eigenvalue weighted by atomic mass is 16.5. The molecule has 1 N–H and O–H groups in total. The largest absolute Gasteiger partial charge is 0.494 e. The summed E-state index contributed by atoms with van der Waals surface area (Å²) in [6.07, 6.45) is 5.42. The van der Waals surface area contributed by atoms with Crippen LogP contribution in [-0.4, -0.2) is 19.2 Å². The van der Waals surface area contributed by atoms with Crippen molar-refractivity contribution in [1.82, 2.24) is 5.32 Å². The molecule has 2 aliphatic rings. The maximum atomic E-state index is 5.49. The van der Waals surface area contributed by atoms with E-state index in [0.29, 0.717) is 5.41 Å². The topological polar surface area (TPSA) is 21.3 Å². The van der Waals surface area contributed by atoms with Gasteiger partial charge < -0.3 is 10.1 Å². The molecule has 92 valence electrons. The van der Waals surface area contributed by atoms with E-state index in [1.807, 2.05) is 6.92 Å². The van der Waals surface area contributed by atoms with Crippen LogP contribution >= 0.6 is 0 Å². The van der Waals surface area contributed by atoms with Crippen molar-refractivity contribution >= 4 is 0 Å². The Balaban J connectivity index is 1.65. The second kappa shape index (κ2) is 4.34. The molecule has 0 unspecified atom stereocenters. The lowest BCUT2D eigenvalue weighted by atomic mass is 9.96. The molecule has 0 heterocycles. The molecule has 0 spiro atoms. The molecule has 1 aromatic rings. The minimum absolute atomic E-state index is 0.438. The molecule has 2 fully saturated rings. The van der Waals surface area contributed by atoms with Gasteiger partial charge in [-0.3, -0.25) is 0 Å². The fourth-order valence-corrected chi connectivity index (χ4v) is 2.42. The summed E-state index contributed by atoms with van der Waals surface area (Å²) in [6.45, 7) is 3.93. The van der Waals surface area contributed by atoms with Crippen LogP contribution in [0.5, 0.6) is 5.75 Å². The lowest BCUT2D eigenvalue weighted by Crippen LogP contribution is -2.28. The van der Waals surface area contributed by atoms with Crippen molar-refractivity contribution in [3.63, 3.8) is 0 Å². The van der Waals surface area contributed by atoms with E-state index in [4.69, 9.17) is 4.74 Å². The van der Waals surface area contributed by atoms with Gasteiger partial charge in [0, 0.05) is 18.0 Å². The van der Waals surface area contributed by atoms with Crippen molar-refractivity contribution in [3.8, 4) is 5.75 Å². The first-order valence-electron chi connectivity index (χ1n) is 6.79. The molecule has 0 aliphatic heterocycles. The van der Waals surface area contributed by atoms with Crippen molar-refractivity contribution in [2.24, 2.45) is 0 Å². The number of hydrogen-bond donors (Lipinski definition) is 1. The second-order valence-electron chi connectivity index (χ2n) is 5.39. The van der Waals surface area contributed by atoms with Gasteiger partial charge in [-0.05, 0) is 50.3 Å². The van der Waals surface area contributed by atoms with Crippen LogP contribution in [0.3, 0.4) is 0 Å². The summed E-state index contributed by atoms with van der Waals surface area (Å²) in [7, 11) is 0. The standard InChI is InChI=1S/C15H21NO/c1-2-17-14-7-3-12(4-8-14)15(9-10-15)11-16-13-5-6-13/h3-4,7-8,13,16H,2,5-6,9-11H2,1H3. The molecule has 0 radical (unpaired) electrons. The third-order valence-corrected chi connectivity index (χ3v) is 3.94. The first-order valence-corrected chi connectivity index (χ1v) is 6.79. The molecule has 0 aromatic heterocycles. The van der Waals surface area contributed by atoms with Gasteiger partial charge in [0.2, 0.25) is 0 Å². The smallest absolute Gasteiger partial charge is 0.119 e. The number of nitrogens with one attached hydrogen (secondary N) is 1. The molecule has 0 bridgehead atoms. The summed E-state index contributed by atoms with van der Waals surface area (Å²) < 4.78 is 5.49. The Morgan fingerprint density at radius 3 is 2.47 bits per heavy atom. The lowest BCUT2D eigenvalue weighted by Gasteiger charge is -2.17. The monoisotopic (exact) mass is 231 g/mol. The van der Waals surface area contributed by atoms with Crippen LogP contribution in [0.25, 0.3) is 0 Å². The van der Waals surface area contributed by atoms with Gasteiger partial charge in [-0.25, -0.2) is 0 Å². The van der Waals surface area contributed by atoms with Crippen LogP contribution in [0.4, 0.5) is 0 Å². The van der Waals surface area contributed by atoms with Crippen molar-refractivity contribution in [2.45, 2.75) is 44.1 Å². The summed E-state index contributed by atoms with van der Waals surface area (Å²) in [5.41, 5.74) is 1.92. The Hall–Kier alpha value is -1.02. The molecular weight excluding hydrogens is 210 g/mol. The Labute approximate surface area is 103 Å². The fourth-order valence-electron chi connectivity index (χ4n) is 2.42. The molecule has 0 saturated heterocycles. The van der Waals surface area contributed by atoms with Gasteiger partial charge in [-0.2, -0.15) is 0 Å². The van der Waals surface area contributed by atoms with E-state index in [2.05, 4.69) is 29.6 Å². The van der Waals surface area contributed by atoms with Crippen LogP contribution in [0, 0.1) is 0 Å². The molecular formula is C15H21NO. The zero-order chi connectivity index (χ0) is 11.7. The molecule has 2 heteroatoms. The summed E-state index contributed by atoms with van der Waals surface area (Å²) in [6, 6.07) is 9.51. The van der Waals surface area contributed by atoms with Gasteiger partial charge >= 0.3 is 0 Å². The van der Waals surface area contributed by atoms with Crippen molar-refractivity contribution in [3.05, 3.63) is 29.8 Å². The average Bonchev–Trinajstić information content (AvgIpc) is 3.24. The first-order chi connectivity index (χ1) is 8.32. The Morgan fingerprint density at radius 2 is 1.94 bits per heavy atom. The van der Waals surface area contributed by atoms with Gasteiger partial charge in [-0.15, -0.1) is 0 Å². The van der Waals surface area contributed by atoms with Crippen LogP contribution < -0.4 is 10.1 Å². The molecule has 2 nitrogen and oxygen atoms in total. The summed E-state index contributed by atoms with van der Waals surface area (Å²) in [4.78, 5) is 0. The third kappa shape index (κ3) is 2.47. The molecule has 2 aliphatic carbocycles. The van der Waals surface area contributed by atoms with Crippen molar-refractivity contribution < 1.29 is 4.74 Å². The van der Waals surface area contributed by atoms with E-state index in [-0.39, 0.29) is 0 Å². The van der Waals surface area contributed by atoms with E-state index in [9.17, 15) is 0 Å². The third-order valence-electron chi connectivity index (χ3n) is 3.94. The van der Waals surface area contributed by atoms with Crippen LogP contribution in [0.2, 0.25) is 0 Å². The van der Waals surface area contributed by atoms with E-state index in [1.54, 1.807) is 0 Å². The number of ether oxygens (including phenoxy) is 1. The van der Waals surface area contributed by atoms with Gasteiger partial charge in [0.25, 0.3) is 0 Å². The molecule has 3 rings (SSSR count). The highest BCUT2D eigenvalue weighted by Gasteiger charge is 2.44. The zero-order valence-corrected chi connectivity index (χ0v) is 10.5. The van der Waals surface area contributed by atoms with E-state index in [1.165, 1.54) is 31.2 Å². The van der Waals surface area contributed by atoms with Crippen LogP contribution in [0.1, 0.15) is 38.2 Å². The van der Waals surface area contributed by atoms with Crippen LogP contribution in [0.15, 0.2) is 24.3 Å². The van der Waals surface area contributed by atoms with E-state index < -0.39 is 0 Å². The van der Waals surface area contributed by atoms with Gasteiger partial charge in [0.05, 0.1) is 6.61 Å². The number of rotatable bonds is 6. The lowest BCUT2D eigenvalue weighted by molar-refractivity contribution is 0.340. The molecule has 0 amide bonds. The Kier molecular flexibility index (Phi) is 2.83. The summed E-state index contributed by atoms with van der Waals surface area (Å²) in [5.74, 6) is 0.988. The van der Waals surface area contributed by atoms with E-state index in [0.717, 1.165) is 24.9 Å². The Morgan fingerprint density at radius 1 is 1.24 bits per heavy atom. The van der Waals surface area contributed by atoms with Gasteiger partial charge in [0.1, 0.15) is 5.75 Å². The summed E-state index contributed by atoms with van der Waals surface area (Å²) in [5, 5.41) is 3.67.